The number of amidine groups is 1. The number of anilines is 2. The molecule has 4 aromatic rings. The Balaban J connectivity index is 1.62. The second kappa shape index (κ2) is 10.3. The van der Waals surface area contributed by atoms with Gasteiger partial charge < -0.3 is 4.90 Å². The molecule has 2 aliphatic heterocycles. The standard InChI is InChI=1S/C29H22ClN5O2S2/c1-3-16-34-27(37)24(29-33(2)21-17-18(30)14-15-22(21)38-29)39-28(34)23-25(31-19-10-6-4-7-11-19)32-35(26(23)36)20-12-8-5-9-13-20/h3-15,17H,1,16H2,2H3,(H,31,32)/b28-23-,29-24-. The quantitative estimate of drug-likeness (QED) is 0.366. The number of thioether (sulfide) groups is 1. The van der Waals surface area contributed by atoms with E-state index in [-0.39, 0.29) is 18.0 Å². The van der Waals surface area contributed by atoms with E-state index in [1.54, 1.807) is 10.6 Å². The maximum absolute atomic E-state index is 14.0. The zero-order valence-electron chi connectivity index (χ0n) is 20.8. The first-order valence-corrected chi connectivity index (χ1v) is 14.1. The van der Waals surface area contributed by atoms with Crippen molar-refractivity contribution < 1.29 is 4.79 Å². The molecular weight excluding hydrogens is 550 g/mol. The Hall–Kier alpha value is -4.05. The van der Waals surface area contributed by atoms with Crippen LogP contribution in [0.2, 0.25) is 5.02 Å². The molecule has 0 spiro atoms. The van der Waals surface area contributed by atoms with Gasteiger partial charge in [-0.15, -0.1) is 17.9 Å². The normalized spacial score (nSPS) is 18.5. The molecule has 1 amide bonds. The van der Waals surface area contributed by atoms with Crippen LogP contribution in [0.15, 0.2) is 106 Å². The number of nitrogens with zero attached hydrogens (tertiary/aromatic N) is 4. The number of carbonyl (C=O) groups is 1. The predicted octanol–water partition coefficient (Wildman–Crippen LogP) is 4.49. The smallest absolute Gasteiger partial charge is 0.283 e. The van der Waals surface area contributed by atoms with E-state index in [0.717, 1.165) is 15.6 Å². The Morgan fingerprint density at radius 1 is 1.03 bits per heavy atom. The van der Waals surface area contributed by atoms with E-state index in [1.165, 1.54) is 28.1 Å². The summed E-state index contributed by atoms with van der Waals surface area (Å²) in [6, 6.07) is 24.4. The average molecular weight is 572 g/mol. The number of hydrogen-bond acceptors (Lipinski definition) is 6. The first-order chi connectivity index (χ1) is 19.0. The number of allylic oxidation sites excluding steroid dienone is 1. The Bertz CT molecular complexity index is 1830. The van der Waals surface area contributed by atoms with Crippen LogP contribution in [0.5, 0.6) is 0 Å². The lowest BCUT2D eigenvalue weighted by Crippen LogP contribution is -2.36. The summed E-state index contributed by atoms with van der Waals surface area (Å²) in [5.74, 6) is 0.0714. The van der Waals surface area contributed by atoms with Crippen LogP contribution in [0.1, 0.15) is 0 Å². The van der Waals surface area contributed by atoms with Gasteiger partial charge in [-0.1, -0.05) is 65.8 Å². The van der Waals surface area contributed by atoms with E-state index in [2.05, 4.69) is 12.0 Å². The van der Waals surface area contributed by atoms with Gasteiger partial charge in [-0.05, 0) is 42.5 Å². The summed E-state index contributed by atoms with van der Waals surface area (Å²) < 4.78 is 2.63. The van der Waals surface area contributed by atoms with Gasteiger partial charge in [-0.3, -0.25) is 19.6 Å². The Morgan fingerprint density at radius 2 is 1.74 bits per heavy atom. The average Bonchev–Trinajstić information content (AvgIpc) is 3.56. The molecular formula is C29H22ClN5O2S2. The summed E-state index contributed by atoms with van der Waals surface area (Å²) in [6.07, 6.45) is 1.66. The minimum atomic E-state index is -0.297. The van der Waals surface area contributed by atoms with E-state index in [1.807, 2.05) is 90.8 Å². The monoisotopic (exact) mass is 571 g/mol. The lowest BCUT2D eigenvalue weighted by Gasteiger charge is -2.14. The molecule has 7 nitrogen and oxygen atoms in total. The number of carbonyl (C=O) groups excluding carboxylic acids is 1. The van der Waals surface area contributed by atoms with Gasteiger partial charge >= 0.3 is 0 Å². The van der Waals surface area contributed by atoms with Crippen molar-refractivity contribution in [1.29, 1.82) is 0 Å². The van der Waals surface area contributed by atoms with Crippen LogP contribution in [-0.2, 0) is 11.3 Å². The van der Waals surface area contributed by atoms with Crippen LogP contribution < -0.4 is 30.1 Å². The Morgan fingerprint density at radius 3 is 2.46 bits per heavy atom. The Labute approximate surface area is 237 Å². The van der Waals surface area contributed by atoms with Gasteiger partial charge in [0.05, 0.1) is 17.1 Å². The third kappa shape index (κ3) is 4.48. The Kier molecular flexibility index (Phi) is 6.64. The van der Waals surface area contributed by atoms with Gasteiger partial charge in [-0.2, -0.15) is 0 Å². The highest BCUT2D eigenvalue weighted by atomic mass is 35.5. The largest absolute Gasteiger partial charge is 0.337 e. The van der Waals surface area contributed by atoms with Gasteiger partial charge in [0.1, 0.15) is 19.8 Å². The molecule has 2 aliphatic rings. The fraction of sp³-hybridized carbons (Fsp3) is 0.0690. The third-order valence-corrected chi connectivity index (χ3v) is 9.07. The van der Waals surface area contributed by atoms with Crippen LogP contribution >= 0.6 is 34.7 Å². The second-order valence-electron chi connectivity index (χ2n) is 8.78. The molecule has 3 heterocycles. The fourth-order valence-electron chi connectivity index (χ4n) is 4.44. The molecule has 194 valence electrons. The first-order valence-electron chi connectivity index (χ1n) is 12.1. The minimum Gasteiger partial charge on any atom is -0.337 e. The fourth-order valence-corrected chi connectivity index (χ4v) is 7.08. The van der Waals surface area contributed by atoms with Crippen LogP contribution in [0.4, 0.5) is 17.1 Å². The molecule has 0 unspecified atom stereocenters. The summed E-state index contributed by atoms with van der Waals surface area (Å²) in [5, 5.41) is 2.87. The lowest BCUT2D eigenvalue weighted by molar-refractivity contribution is -0.113. The lowest BCUT2D eigenvalue weighted by atomic mass is 10.2. The van der Waals surface area contributed by atoms with Crippen LogP contribution in [0.3, 0.4) is 0 Å². The van der Waals surface area contributed by atoms with Gasteiger partial charge in [0, 0.05) is 23.5 Å². The molecule has 1 N–H and O–H groups in total. The first kappa shape index (κ1) is 25.2. The van der Waals surface area contributed by atoms with Crippen molar-refractivity contribution in [2.24, 2.45) is 4.99 Å². The number of nitrogens with one attached hydrogen (secondary N) is 1. The molecule has 3 aromatic carbocycles. The molecule has 0 radical (unpaired) electrons. The number of amides is 1. The van der Waals surface area contributed by atoms with Crippen molar-refractivity contribution in [1.82, 2.24) is 9.99 Å². The van der Waals surface area contributed by atoms with Crippen LogP contribution in [0.25, 0.3) is 10.6 Å². The van der Waals surface area contributed by atoms with Crippen molar-refractivity contribution in [2.45, 2.75) is 11.4 Å². The molecule has 10 heteroatoms. The van der Waals surface area contributed by atoms with Crippen molar-refractivity contribution in [3.8, 4) is 0 Å². The topological polar surface area (TPSA) is 69.9 Å². The highest BCUT2D eigenvalue weighted by molar-refractivity contribution is 8.08. The molecule has 1 fully saturated rings. The maximum atomic E-state index is 14.0. The van der Waals surface area contributed by atoms with E-state index in [9.17, 15) is 9.59 Å². The van der Waals surface area contributed by atoms with Gasteiger partial charge in [0.2, 0.25) is 0 Å². The summed E-state index contributed by atoms with van der Waals surface area (Å²) in [6.45, 7) is 4.10. The van der Waals surface area contributed by atoms with Crippen molar-refractivity contribution in [3.63, 3.8) is 0 Å². The number of thiazole rings is 1. The molecule has 1 aromatic heterocycles. The van der Waals surface area contributed by atoms with E-state index < -0.39 is 0 Å². The molecule has 6 rings (SSSR count). The number of rotatable bonds is 4. The zero-order chi connectivity index (χ0) is 27.1. The van der Waals surface area contributed by atoms with Crippen LogP contribution in [-0.4, -0.2) is 23.4 Å². The van der Waals surface area contributed by atoms with Gasteiger partial charge in [0.25, 0.3) is 11.5 Å². The van der Waals surface area contributed by atoms with Crippen LogP contribution in [0, 0.1) is 0 Å². The predicted molar refractivity (Wildman–Crippen MR) is 161 cm³/mol. The molecule has 0 saturated carbocycles. The third-order valence-electron chi connectivity index (χ3n) is 6.28. The highest BCUT2D eigenvalue weighted by Gasteiger charge is 2.36. The number of aromatic nitrogens is 1. The second-order valence-corrected chi connectivity index (χ2v) is 11.2. The van der Waals surface area contributed by atoms with Gasteiger partial charge in [-0.25, -0.2) is 10.0 Å². The number of hydrazine groups is 1. The zero-order valence-corrected chi connectivity index (χ0v) is 23.2. The molecule has 0 atom stereocenters. The number of aliphatic imine (C=N–C) groups is 1. The van der Waals surface area contributed by atoms with Crippen molar-refractivity contribution in [2.75, 3.05) is 17.0 Å². The maximum Gasteiger partial charge on any atom is 0.283 e. The molecule has 0 aliphatic carbocycles. The summed E-state index contributed by atoms with van der Waals surface area (Å²) in [4.78, 5) is 35.6. The van der Waals surface area contributed by atoms with E-state index >= 15 is 0 Å². The SMILES string of the molecule is C=CCn1c(=O)/c(=C2/Sc3ccc(Cl)cc3N2C)s/c1=C1\C(=O)N(c2ccccc2)NC1=Nc1ccccc1. The number of fused-ring (bicyclic) bond motifs is 1. The number of hydrogen-bond donors (Lipinski definition) is 1. The summed E-state index contributed by atoms with van der Waals surface area (Å²) in [7, 11) is 1.91. The number of para-hydroxylation sites is 2. The number of benzene rings is 3. The molecule has 39 heavy (non-hydrogen) atoms. The van der Waals surface area contributed by atoms with Crippen molar-refractivity contribution >= 4 is 74.1 Å². The number of halogens is 1. The van der Waals surface area contributed by atoms with Crippen molar-refractivity contribution in [3.05, 3.63) is 116 Å². The highest BCUT2D eigenvalue weighted by Crippen LogP contribution is 2.46. The van der Waals surface area contributed by atoms with Gasteiger partial charge in [0.15, 0.2) is 5.84 Å². The van der Waals surface area contributed by atoms with E-state index in [4.69, 9.17) is 16.6 Å². The molecule has 0 bridgehead atoms. The molecule has 1 saturated heterocycles. The summed E-state index contributed by atoms with van der Waals surface area (Å²) >= 11 is 9.04. The van der Waals surface area contributed by atoms with E-state index in [0.29, 0.717) is 37.0 Å². The minimum absolute atomic E-state index is 0.194. The summed E-state index contributed by atoms with van der Waals surface area (Å²) in [5.41, 5.74) is 5.59.